The van der Waals surface area contributed by atoms with E-state index in [1.807, 2.05) is 11.0 Å². The third kappa shape index (κ3) is 3.17. The van der Waals surface area contributed by atoms with Crippen LogP contribution in [0.4, 0.5) is 0 Å². The van der Waals surface area contributed by atoms with Crippen molar-refractivity contribution in [3.63, 3.8) is 0 Å². The topological polar surface area (TPSA) is 80.5 Å². The van der Waals surface area contributed by atoms with Crippen LogP contribution < -0.4 is 5.14 Å². The van der Waals surface area contributed by atoms with Crippen molar-refractivity contribution in [3.05, 3.63) is 29.3 Å². The molecule has 0 spiro atoms. The summed E-state index contributed by atoms with van der Waals surface area (Å²) in [5, 5.41) is 5.19. The molecule has 0 saturated heterocycles. The molecular weight excluding hydrogens is 300 g/mol. The van der Waals surface area contributed by atoms with Crippen molar-refractivity contribution in [1.29, 1.82) is 0 Å². The third-order valence-corrected chi connectivity index (χ3v) is 5.70. The molecule has 1 aliphatic carbocycles. The summed E-state index contributed by atoms with van der Waals surface area (Å²) in [5.74, 6) is 0.378. The Hall–Kier alpha value is -1.40. The maximum atomic E-state index is 12.6. The Bertz CT molecular complexity index is 679. The van der Waals surface area contributed by atoms with Gasteiger partial charge in [0.05, 0.1) is 4.90 Å². The second kappa shape index (κ2) is 6.01. The molecule has 3 rings (SSSR count). The molecule has 2 aliphatic rings. The second-order valence-corrected chi connectivity index (χ2v) is 7.88. The average molecular weight is 322 g/mol. The van der Waals surface area contributed by atoms with Crippen LogP contribution in [0.1, 0.15) is 43.2 Å². The molecule has 22 heavy (non-hydrogen) atoms. The Morgan fingerprint density at radius 2 is 1.86 bits per heavy atom. The Balaban J connectivity index is 1.79. The van der Waals surface area contributed by atoms with E-state index in [1.165, 1.54) is 6.42 Å². The number of nitrogens with zero attached hydrogens (tertiary/aromatic N) is 1. The van der Waals surface area contributed by atoms with Gasteiger partial charge in [0.15, 0.2) is 0 Å². The molecule has 0 unspecified atom stereocenters. The first-order chi connectivity index (χ1) is 10.4. The smallest absolute Gasteiger partial charge is 0.238 e. The van der Waals surface area contributed by atoms with Crippen molar-refractivity contribution in [2.45, 2.75) is 50.0 Å². The zero-order chi connectivity index (χ0) is 15.7. The summed E-state index contributed by atoms with van der Waals surface area (Å²) in [4.78, 5) is 14.6. The lowest BCUT2D eigenvalue weighted by Crippen LogP contribution is -2.40. The molecule has 0 bridgehead atoms. The molecule has 1 aliphatic heterocycles. The van der Waals surface area contributed by atoms with Crippen LogP contribution in [0, 0.1) is 5.92 Å². The quantitative estimate of drug-likeness (QED) is 0.901. The highest BCUT2D eigenvalue weighted by Gasteiger charge is 2.28. The number of nitrogens with two attached hydrogens (primary N) is 1. The van der Waals surface area contributed by atoms with Crippen LogP contribution >= 0.6 is 0 Å². The van der Waals surface area contributed by atoms with Gasteiger partial charge in [-0.2, -0.15) is 0 Å². The first kappa shape index (κ1) is 15.5. The van der Waals surface area contributed by atoms with Crippen LogP contribution in [0.15, 0.2) is 23.1 Å². The van der Waals surface area contributed by atoms with E-state index < -0.39 is 10.0 Å². The highest BCUT2D eigenvalue weighted by molar-refractivity contribution is 7.89. The molecule has 0 radical (unpaired) electrons. The van der Waals surface area contributed by atoms with Crippen molar-refractivity contribution >= 4 is 15.9 Å². The van der Waals surface area contributed by atoms with E-state index in [0.717, 1.165) is 49.8 Å². The van der Waals surface area contributed by atoms with E-state index in [4.69, 9.17) is 5.14 Å². The SMILES string of the molecule is NS(=O)(=O)c1ccc2c(c1)CN(C(=O)C1CCCCC1)CC2. The van der Waals surface area contributed by atoms with Gasteiger partial charge in [0.2, 0.25) is 15.9 Å². The second-order valence-electron chi connectivity index (χ2n) is 6.32. The van der Waals surface area contributed by atoms with E-state index in [-0.39, 0.29) is 16.7 Å². The van der Waals surface area contributed by atoms with Crippen LogP contribution in [0.3, 0.4) is 0 Å². The number of fused-ring (bicyclic) bond motifs is 1. The minimum atomic E-state index is -3.70. The number of rotatable bonds is 2. The Morgan fingerprint density at radius 1 is 1.14 bits per heavy atom. The van der Waals surface area contributed by atoms with Gasteiger partial charge in [-0.1, -0.05) is 25.3 Å². The van der Waals surface area contributed by atoms with E-state index in [0.29, 0.717) is 6.54 Å². The molecule has 2 N–H and O–H groups in total. The molecule has 1 aromatic rings. The predicted molar refractivity (Wildman–Crippen MR) is 83.5 cm³/mol. The lowest BCUT2D eigenvalue weighted by molar-refractivity contribution is -0.137. The molecule has 1 heterocycles. The fraction of sp³-hybridized carbons (Fsp3) is 0.562. The van der Waals surface area contributed by atoms with Gasteiger partial charge in [-0.3, -0.25) is 4.79 Å². The predicted octanol–water partition coefficient (Wildman–Crippen LogP) is 1.80. The standard InChI is InChI=1S/C16H22N2O3S/c17-22(20,21)15-7-6-12-8-9-18(11-14(12)10-15)16(19)13-4-2-1-3-5-13/h6-7,10,13H,1-5,8-9,11H2,(H2,17,20,21). The number of hydrogen-bond acceptors (Lipinski definition) is 3. The summed E-state index contributed by atoms with van der Waals surface area (Å²) >= 11 is 0. The van der Waals surface area contributed by atoms with E-state index >= 15 is 0 Å². The van der Waals surface area contributed by atoms with Crippen molar-refractivity contribution in [1.82, 2.24) is 4.90 Å². The van der Waals surface area contributed by atoms with Gasteiger partial charge in [-0.15, -0.1) is 0 Å². The summed E-state index contributed by atoms with van der Waals surface area (Å²) in [6, 6.07) is 4.98. The van der Waals surface area contributed by atoms with Crippen molar-refractivity contribution < 1.29 is 13.2 Å². The lowest BCUT2D eigenvalue weighted by Gasteiger charge is -2.33. The highest BCUT2D eigenvalue weighted by Crippen LogP contribution is 2.28. The molecule has 0 atom stereocenters. The summed E-state index contributed by atoms with van der Waals surface area (Å²) in [7, 11) is -3.70. The lowest BCUT2D eigenvalue weighted by atomic mass is 9.87. The van der Waals surface area contributed by atoms with Gasteiger partial charge in [-0.25, -0.2) is 13.6 Å². The molecule has 1 aromatic carbocycles. The first-order valence-corrected chi connectivity index (χ1v) is 9.43. The molecule has 1 fully saturated rings. The van der Waals surface area contributed by atoms with Gasteiger partial charge >= 0.3 is 0 Å². The minimum absolute atomic E-state index is 0.123. The fourth-order valence-electron chi connectivity index (χ4n) is 3.51. The Labute approximate surface area is 131 Å². The number of carbonyl (C=O) groups is 1. The summed E-state index contributed by atoms with van der Waals surface area (Å²) in [6.45, 7) is 1.21. The normalized spacial score (nSPS) is 19.8. The van der Waals surface area contributed by atoms with Crippen LogP contribution in [0.2, 0.25) is 0 Å². The molecule has 120 valence electrons. The zero-order valence-corrected chi connectivity index (χ0v) is 13.4. The minimum Gasteiger partial charge on any atom is -0.338 e. The Morgan fingerprint density at radius 3 is 2.55 bits per heavy atom. The van der Waals surface area contributed by atoms with Gasteiger partial charge in [-0.05, 0) is 42.5 Å². The number of amides is 1. The van der Waals surface area contributed by atoms with Crippen LogP contribution in [0.5, 0.6) is 0 Å². The van der Waals surface area contributed by atoms with E-state index in [2.05, 4.69) is 0 Å². The maximum absolute atomic E-state index is 12.6. The molecule has 5 nitrogen and oxygen atoms in total. The molecule has 0 aromatic heterocycles. The van der Waals surface area contributed by atoms with Crippen molar-refractivity contribution in [2.24, 2.45) is 11.1 Å². The van der Waals surface area contributed by atoms with Crippen molar-refractivity contribution in [2.75, 3.05) is 6.54 Å². The number of benzene rings is 1. The van der Waals surface area contributed by atoms with Gasteiger partial charge in [0.1, 0.15) is 0 Å². The van der Waals surface area contributed by atoms with Gasteiger partial charge in [0, 0.05) is 19.0 Å². The zero-order valence-electron chi connectivity index (χ0n) is 12.6. The summed E-state index contributed by atoms with van der Waals surface area (Å²) < 4.78 is 23.0. The molecule has 6 heteroatoms. The molecular formula is C16H22N2O3S. The molecule has 1 saturated carbocycles. The van der Waals surface area contributed by atoms with E-state index in [1.54, 1.807) is 12.1 Å². The number of carbonyl (C=O) groups excluding carboxylic acids is 1. The summed E-state index contributed by atoms with van der Waals surface area (Å²) in [6.07, 6.45) is 6.24. The van der Waals surface area contributed by atoms with Crippen LogP contribution in [0.25, 0.3) is 0 Å². The number of primary sulfonamides is 1. The van der Waals surface area contributed by atoms with Crippen molar-refractivity contribution in [3.8, 4) is 0 Å². The largest absolute Gasteiger partial charge is 0.338 e. The van der Waals surface area contributed by atoms with Crippen LogP contribution in [-0.2, 0) is 27.8 Å². The van der Waals surface area contributed by atoms with Crippen LogP contribution in [-0.4, -0.2) is 25.8 Å². The average Bonchev–Trinajstić information content (AvgIpc) is 2.53. The Kier molecular flexibility index (Phi) is 4.23. The molecule has 1 amide bonds. The highest BCUT2D eigenvalue weighted by atomic mass is 32.2. The first-order valence-electron chi connectivity index (χ1n) is 7.88. The van der Waals surface area contributed by atoms with E-state index in [9.17, 15) is 13.2 Å². The number of sulfonamides is 1. The number of hydrogen-bond donors (Lipinski definition) is 1. The third-order valence-electron chi connectivity index (χ3n) is 4.78. The fourth-order valence-corrected chi connectivity index (χ4v) is 4.07. The van der Waals surface area contributed by atoms with Gasteiger partial charge < -0.3 is 4.90 Å². The van der Waals surface area contributed by atoms with Gasteiger partial charge in [0.25, 0.3) is 0 Å². The monoisotopic (exact) mass is 322 g/mol. The maximum Gasteiger partial charge on any atom is 0.238 e. The summed E-state index contributed by atoms with van der Waals surface area (Å²) in [5.41, 5.74) is 2.02.